The first-order chi connectivity index (χ1) is 12.6. The highest BCUT2D eigenvalue weighted by molar-refractivity contribution is 5.90. The summed E-state index contributed by atoms with van der Waals surface area (Å²) >= 11 is 0. The summed E-state index contributed by atoms with van der Waals surface area (Å²) in [6.07, 6.45) is 2.86. The van der Waals surface area contributed by atoms with Crippen LogP contribution in [-0.4, -0.2) is 29.1 Å². The molecule has 1 saturated heterocycles. The Bertz CT molecular complexity index is 708. The minimum Gasteiger partial charge on any atom is -0.485 e. The van der Waals surface area contributed by atoms with Gasteiger partial charge in [0.05, 0.1) is 0 Å². The van der Waals surface area contributed by atoms with Crippen LogP contribution >= 0.6 is 0 Å². The normalized spacial score (nSPS) is 16.2. The van der Waals surface area contributed by atoms with Gasteiger partial charge in [0.1, 0.15) is 5.75 Å². The Balaban J connectivity index is 1.44. The number of carbonyl (C=O) groups is 1. The van der Waals surface area contributed by atoms with Gasteiger partial charge in [-0.2, -0.15) is 4.98 Å². The van der Waals surface area contributed by atoms with Crippen LogP contribution in [0.2, 0.25) is 0 Å². The average molecular weight is 358 g/mol. The number of amides is 1. The molecule has 0 spiro atoms. The van der Waals surface area contributed by atoms with E-state index in [1.807, 2.05) is 24.3 Å². The smallest absolute Gasteiger partial charge is 0.224 e. The molecule has 3 rings (SSSR count). The number of carbonyl (C=O) groups excluding carboxylic acids is 1. The Hall–Kier alpha value is -2.41. The van der Waals surface area contributed by atoms with Crippen molar-refractivity contribution in [3.05, 3.63) is 36.0 Å². The van der Waals surface area contributed by atoms with E-state index in [0.29, 0.717) is 35.7 Å². The van der Waals surface area contributed by atoms with Crippen LogP contribution in [0.4, 0.5) is 5.69 Å². The number of nitrogens with one attached hydrogen (secondary N) is 2. The quantitative estimate of drug-likeness (QED) is 0.791. The molecule has 7 nitrogen and oxygen atoms in total. The van der Waals surface area contributed by atoms with Crippen LogP contribution in [0.25, 0.3) is 0 Å². The number of anilines is 1. The maximum atomic E-state index is 12.3. The number of ether oxygens (including phenoxy) is 1. The lowest BCUT2D eigenvalue weighted by atomic mass is 9.84. The lowest BCUT2D eigenvalue weighted by Crippen LogP contribution is -2.32. The number of hydrogen-bond acceptors (Lipinski definition) is 6. The van der Waals surface area contributed by atoms with Crippen molar-refractivity contribution in [2.24, 2.45) is 11.8 Å². The van der Waals surface area contributed by atoms with Crippen molar-refractivity contribution in [1.82, 2.24) is 15.5 Å². The molecule has 1 aliphatic heterocycles. The van der Waals surface area contributed by atoms with E-state index in [9.17, 15) is 4.79 Å². The van der Waals surface area contributed by atoms with E-state index in [2.05, 4.69) is 27.7 Å². The van der Waals surface area contributed by atoms with Gasteiger partial charge in [-0.25, -0.2) is 0 Å². The fourth-order valence-electron chi connectivity index (χ4n) is 3.27. The molecule has 1 aromatic heterocycles. The number of hydrogen-bond donors (Lipinski definition) is 2. The summed E-state index contributed by atoms with van der Waals surface area (Å²) in [4.78, 5) is 16.4. The lowest BCUT2D eigenvalue weighted by Gasteiger charge is -2.27. The van der Waals surface area contributed by atoms with Gasteiger partial charge in [-0.3, -0.25) is 4.79 Å². The molecule has 1 unspecified atom stereocenters. The van der Waals surface area contributed by atoms with Gasteiger partial charge in [-0.1, -0.05) is 12.1 Å². The predicted octanol–water partition coefficient (Wildman–Crippen LogP) is 2.92. The molecule has 2 heterocycles. The first-order valence-corrected chi connectivity index (χ1v) is 9.13. The molecule has 0 aliphatic carbocycles. The summed E-state index contributed by atoms with van der Waals surface area (Å²) < 4.78 is 10.5. The summed E-state index contributed by atoms with van der Waals surface area (Å²) in [5.41, 5.74) is 0.773. The Morgan fingerprint density at radius 1 is 1.35 bits per heavy atom. The molecule has 1 fully saturated rings. The zero-order chi connectivity index (χ0) is 18.4. The van der Waals surface area contributed by atoms with Crippen LogP contribution < -0.4 is 15.4 Å². The number of nitrogens with zero attached hydrogens (tertiary/aromatic N) is 2. The number of aromatic nitrogens is 2. The van der Waals surface area contributed by atoms with Gasteiger partial charge >= 0.3 is 0 Å². The summed E-state index contributed by atoms with van der Waals surface area (Å²) in [6, 6.07) is 7.31. The van der Waals surface area contributed by atoms with Crippen LogP contribution in [0, 0.1) is 18.8 Å². The van der Waals surface area contributed by atoms with E-state index in [1.54, 1.807) is 6.92 Å². The molecule has 1 amide bonds. The van der Waals surface area contributed by atoms with Crippen molar-refractivity contribution in [2.45, 2.75) is 39.7 Å². The van der Waals surface area contributed by atoms with Crippen LogP contribution in [0.1, 0.15) is 37.9 Å². The van der Waals surface area contributed by atoms with Crippen molar-refractivity contribution in [3.63, 3.8) is 0 Å². The van der Waals surface area contributed by atoms with Crippen molar-refractivity contribution in [3.8, 4) is 5.75 Å². The molecule has 2 aromatic rings. The molecule has 26 heavy (non-hydrogen) atoms. The van der Waals surface area contributed by atoms with Crippen LogP contribution in [-0.2, 0) is 11.4 Å². The molecule has 140 valence electrons. The van der Waals surface area contributed by atoms with E-state index in [-0.39, 0.29) is 12.5 Å². The molecule has 2 N–H and O–H groups in total. The largest absolute Gasteiger partial charge is 0.485 e. The molecule has 1 aromatic carbocycles. The van der Waals surface area contributed by atoms with Crippen molar-refractivity contribution in [1.29, 1.82) is 0 Å². The van der Waals surface area contributed by atoms with Crippen LogP contribution in [0.3, 0.4) is 0 Å². The third kappa shape index (κ3) is 5.29. The number of rotatable bonds is 7. The van der Waals surface area contributed by atoms with Gasteiger partial charge in [0, 0.05) is 19.0 Å². The fourth-order valence-corrected chi connectivity index (χ4v) is 3.27. The average Bonchev–Trinajstić information content (AvgIpc) is 3.07. The Morgan fingerprint density at radius 3 is 2.73 bits per heavy atom. The van der Waals surface area contributed by atoms with Crippen LogP contribution in [0.15, 0.2) is 28.8 Å². The summed E-state index contributed by atoms with van der Waals surface area (Å²) in [5, 5.41) is 10.1. The van der Waals surface area contributed by atoms with Crippen molar-refractivity contribution in [2.75, 3.05) is 18.4 Å². The lowest BCUT2D eigenvalue weighted by molar-refractivity contribution is -0.117. The van der Waals surface area contributed by atoms with E-state index >= 15 is 0 Å². The Labute approximate surface area is 153 Å². The molecule has 1 atom stereocenters. The molecule has 7 heteroatoms. The number of benzene rings is 1. The third-order valence-corrected chi connectivity index (χ3v) is 4.77. The van der Waals surface area contributed by atoms with Crippen molar-refractivity contribution < 1.29 is 14.1 Å². The molecule has 0 saturated carbocycles. The van der Waals surface area contributed by atoms with Gasteiger partial charge in [0.25, 0.3) is 0 Å². The predicted molar refractivity (Wildman–Crippen MR) is 97.8 cm³/mol. The van der Waals surface area contributed by atoms with E-state index in [0.717, 1.165) is 31.6 Å². The second-order valence-electron chi connectivity index (χ2n) is 6.86. The zero-order valence-corrected chi connectivity index (χ0v) is 15.3. The molecule has 0 bridgehead atoms. The second kappa shape index (κ2) is 8.80. The van der Waals surface area contributed by atoms with Gasteiger partial charge < -0.3 is 19.9 Å². The second-order valence-corrected chi connectivity index (χ2v) is 6.86. The highest BCUT2D eigenvalue weighted by Gasteiger charge is 2.22. The summed E-state index contributed by atoms with van der Waals surface area (Å²) in [6.45, 7) is 6.27. The highest BCUT2D eigenvalue weighted by Crippen LogP contribution is 2.25. The molecular formula is C19H26N4O3. The zero-order valence-electron chi connectivity index (χ0n) is 15.3. The van der Waals surface area contributed by atoms with E-state index < -0.39 is 0 Å². The molecular weight excluding hydrogens is 332 g/mol. The Kier molecular flexibility index (Phi) is 6.22. The molecule has 1 aliphatic rings. The number of piperidine rings is 1. The molecule has 0 radical (unpaired) electrons. The van der Waals surface area contributed by atoms with E-state index in [1.165, 1.54) is 0 Å². The standard InChI is InChI=1S/C19H26N4O3/c1-13(15-7-9-20-10-8-15)11-19(24)22-16-3-5-17(6-4-16)25-12-18-21-14(2)26-23-18/h3-6,13,15,20H,7-12H2,1-2H3,(H,22,24). The first-order valence-electron chi connectivity index (χ1n) is 9.13. The minimum atomic E-state index is 0.0620. The summed E-state index contributed by atoms with van der Waals surface area (Å²) in [7, 11) is 0. The van der Waals surface area contributed by atoms with E-state index in [4.69, 9.17) is 9.26 Å². The van der Waals surface area contributed by atoms with Crippen LogP contribution in [0.5, 0.6) is 5.75 Å². The Morgan fingerprint density at radius 2 is 2.08 bits per heavy atom. The van der Waals surface area contributed by atoms with Gasteiger partial charge in [-0.05, 0) is 62.0 Å². The van der Waals surface area contributed by atoms with Gasteiger partial charge in [-0.15, -0.1) is 0 Å². The fraction of sp³-hybridized carbons (Fsp3) is 0.526. The van der Waals surface area contributed by atoms with Gasteiger partial charge in [0.2, 0.25) is 17.6 Å². The maximum absolute atomic E-state index is 12.3. The highest BCUT2D eigenvalue weighted by atomic mass is 16.5. The minimum absolute atomic E-state index is 0.0620. The third-order valence-electron chi connectivity index (χ3n) is 4.77. The van der Waals surface area contributed by atoms with Gasteiger partial charge in [0.15, 0.2) is 6.61 Å². The van der Waals surface area contributed by atoms with Crippen molar-refractivity contribution >= 4 is 11.6 Å². The summed E-state index contributed by atoms with van der Waals surface area (Å²) in [5.74, 6) is 2.80. The maximum Gasteiger partial charge on any atom is 0.224 e. The topological polar surface area (TPSA) is 89.3 Å². The number of aryl methyl sites for hydroxylation is 1. The SMILES string of the molecule is Cc1nc(COc2ccc(NC(=O)CC(C)C3CCNCC3)cc2)no1. The first kappa shape index (κ1) is 18.4. The monoisotopic (exact) mass is 358 g/mol.